The van der Waals surface area contributed by atoms with E-state index in [1.54, 1.807) is 0 Å². The number of rotatable bonds is 17. The van der Waals surface area contributed by atoms with Crippen LogP contribution in [0.4, 0.5) is 0 Å². The molecule has 0 amide bonds. The summed E-state index contributed by atoms with van der Waals surface area (Å²) in [7, 11) is 0. The Morgan fingerprint density at radius 2 is 1.23 bits per heavy atom. The molecule has 22 heavy (non-hydrogen) atoms. The van der Waals surface area contributed by atoms with Crippen molar-refractivity contribution in [2.45, 2.75) is 78.1 Å². The monoisotopic (exact) mass is 316 g/mol. The molecule has 0 aliphatic heterocycles. The van der Waals surface area contributed by atoms with Crippen molar-refractivity contribution in [1.29, 1.82) is 0 Å². The molecule has 0 radical (unpaired) electrons. The highest BCUT2D eigenvalue weighted by Crippen LogP contribution is 2.04. The first-order valence-electron chi connectivity index (χ1n) is 9.12. The first-order valence-corrected chi connectivity index (χ1v) is 9.12. The van der Waals surface area contributed by atoms with Gasteiger partial charge in [-0.25, -0.2) is 0 Å². The maximum atomic E-state index is 11.3. The topological polar surface area (TPSA) is 44.8 Å². The van der Waals surface area contributed by atoms with Crippen molar-refractivity contribution < 1.29 is 19.0 Å². The van der Waals surface area contributed by atoms with Gasteiger partial charge in [0.25, 0.3) is 0 Å². The molecule has 0 unspecified atom stereocenters. The van der Waals surface area contributed by atoms with Gasteiger partial charge in [-0.15, -0.1) is 0 Å². The zero-order valence-corrected chi connectivity index (χ0v) is 14.7. The summed E-state index contributed by atoms with van der Waals surface area (Å²) in [6.45, 7) is 7.55. The van der Waals surface area contributed by atoms with Crippen molar-refractivity contribution >= 4 is 5.97 Å². The fourth-order valence-electron chi connectivity index (χ4n) is 2.03. The summed E-state index contributed by atoms with van der Waals surface area (Å²) in [5.41, 5.74) is 0. The Balaban J connectivity index is 3.06. The van der Waals surface area contributed by atoms with Crippen LogP contribution in [0.3, 0.4) is 0 Å². The standard InChI is InChI=1S/C18H36O4/c1-3-5-7-8-9-10-13-20-16-17-21-14-11-12-18(19)22-15-6-4-2/h3-17H2,1-2H3. The van der Waals surface area contributed by atoms with Gasteiger partial charge in [0.1, 0.15) is 0 Å². The van der Waals surface area contributed by atoms with Crippen molar-refractivity contribution in [3.63, 3.8) is 0 Å². The van der Waals surface area contributed by atoms with Gasteiger partial charge in [-0.1, -0.05) is 52.4 Å². The lowest BCUT2D eigenvalue weighted by Crippen LogP contribution is -2.09. The molecular formula is C18H36O4. The zero-order valence-electron chi connectivity index (χ0n) is 14.7. The van der Waals surface area contributed by atoms with Gasteiger partial charge in [0, 0.05) is 19.6 Å². The molecule has 0 aromatic carbocycles. The summed E-state index contributed by atoms with van der Waals surface area (Å²) in [5.74, 6) is -0.114. The van der Waals surface area contributed by atoms with Crippen LogP contribution in [0.2, 0.25) is 0 Å². The third kappa shape index (κ3) is 17.4. The van der Waals surface area contributed by atoms with Gasteiger partial charge in [-0.3, -0.25) is 4.79 Å². The molecule has 0 atom stereocenters. The van der Waals surface area contributed by atoms with E-state index in [0.717, 1.165) is 32.3 Å². The molecule has 0 saturated carbocycles. The van der Waals surface area contributed by atoms with Gasteiger partial charge in [-0.05, 0) is 19.3 Å². The summed E-state index contributed by atoms with van der Waals surface area (Å²) < 4.78 is 16.0. The van der Waals surface area contributed by atoms with Crippen molar-refractivity contribution in [2.75, 3.05) is 33.0 Å². The molecule has 0 aromatic rings. The molecule has 0 saturated heterocycles. The normalized spacial score (nSPS) is 10.8. The van der Waals surface area contributed by atoms with Gasteiger partial charge in [0.15, 0.2) is 0 Å². The second-order valence-corrected chi connectivity index (χ2v) is 5.67. The fourth-order valence-corrected chi connectivity index (χ4v) is 2.03. The largest absolute Gasteiger partial charge is 0.466 e. The lowest BCUT2D eigenvalue weighted by Gasteiger charge is -2.06. The van der Waals surface area contributed by atoms with Crippen LogP contribution in [-0.2, 0) is 19.0 Å². The number of carbonyl (C=O) groups is 1. The van der Waals surface area contributed by atoms with Crippen LogP contribution in [0.15, 0.2) is 0 Å². The van der Waals surface area contributed by atoms with Crippen LogP contribution >= 0.6 is 0 Å². The van der Waals surface area contributed by atoms with Crippen LogP contribution in [-0.4, -0.2) is 39.0 Å². The van der Waals surface area contributed by atoms with Crippen LogP contribution in [0.25, 0.3) is 0 Å². The summed E-state index contributed by atoms with van der Waals surface area (Å²) in [6, 6.07) is 0. The number of carbonyl (C=O) groups excluding carboxylic acids is 1. The third-order valence-corrected chi connectivity index (χ3v) is 3.44. The van der Waals surface area contributed by atoms with Gasteiger partial charge in [0.2, 0.25) is 0 Å². The van der Waals surface area contributed by atoms with E-state index in [0.29, 0.717) is 32.8 Å². The molecule has 0 aliphatic rings. The van der Waals surface area contributed by atoms with Crippen LogP contribution in [0.1, 0.15) is 78.1 Å². The van der Waals surface area contributed by atoms with Gasteiger partial charge >= 0.3 is 5.97 Å². The SMILES string of the molecule is CCCCCCCCOCCOCCCC(=O)OCCCC. The first-order chi connectivity index (χ1) is 10.8. The molecule has 0 aromatic heterocycles. The fraction of sp³-hybridized carbons (Fsp3) is 0.944. The summed E-state index contributed by atoms with van der Waals surface area (Å²) in [6.07, 6.45) is 10.9. The van der Waals surface area contributed by atoms with E-state index in [2.05, 4.69) is 13.8 Å². The highest BCUT2D eigenvalue weighted by Gasteiger charge is 2.01. The number of ether oxygens (including phenoxy) is 3. The average molecular weight is 316 g/mol. The molecule has 0 fully saturated rings. The molecule has 0 N–H and O–H groups in total. The van der Waals surface area contributed by atoms with Crippen molar-refractivity contribution in [1.82, 2.24) is 0 Å². The van der Waals surface area contributed by atoms with Crippen LogP contribution in [0, 0.1) is 0 Å². The predicted octanol–water partition coefficient (Wildman–Crippen LogP) is 4.50. The summed E-state index contributed by atoms with van der Waals surface area (Å²) >= 11 is 0. The van der Waals surface area contributed by atoms with E-state index in [1.807, 2.05) is 0 Å². The third-order valence-electron chi connectivity index (χ3n) is 3.44. The van der Waals surface area contributed by atoms with Crippen LogP contribution in [0.5, 0.6) is 0 Å². The Hall–Kier alpha value is -0.610. The van der Waals surface area contributed by atoms with Gasteiger partial charge < -0.3 is 14.2 Å². The summed E-state index contributed by atoms with van der Waals surface area (Å²) in [5, 5.41) is 0. The molecule has 4 nitrogen and oxygen atoms in total. The van der Waals surface area contributed by atoms with E-state index >= 15 is 0 Å². The van der Waals surface area contributed by atoms with Gasteiger partial charge in [0.05, 0.1) is 19.8 Å². The summed E-state index contributed by atoms with van der Waals surface area (Å²) in [4.78, 5) is 11.3. The minimum Gasteiger partial charge on any atom is -0.466 e. The number of hydrogen-bond acceptors (Lipinski definition) is 4. The second-order valence-electron chi connectivity index (χ2n) is 5.67. The quantitative estimate of drug-likeness (QED) is 0.293. The van der Waals surface area contributed by atoms with E-state index < -0.39 is 0 Å². The molecule has 4 heteroatoms. The Morgan fingerprint density at radius 3 is 1.91 bits per heavy atom. The molecule has 0 spiro atoms. The minimum absolute atomic E-state index is 0.114. The Kier molecular flexibility index (Phi) is 17.9. The predicted molar refractivity (Wildman–Crippen MR) is 90.1 cm³/mol. The maximum Gasteiger partial charge on any atom is 0.305 e. The minimum atomic E-state index is -0.114. The highest BCUT2D eigenvalue weighted by atomic mass is 16.5. The molecule has 0 heterocycles. The Labute approximate surface area is 136 Å². The molecular weight excluding hydrogens is 280 g/mol. The number of esters is 1. The highest BCUT2D eigenvalue weighted by molar-refractivity contribution is 5.69. The van der Waals surface area contributed by atoms with E-state index in [9.17, 15) is 4.79 Å². The smallest absolute Gasteiger partial charge is 0.305 e. The number of unbranched alkanes of at least 4 members (excludes halogenated alkanes) is 6. The van der Waals surface area contributed by atoms with E-state index in [-0.39, 0.29) is 5.97 Å². The molecule has 0 bridgehead atoms. The second kappa shape index (κ2) is 18.4. The van der Waals surface area contributed by atoms with Crippen LogP contribution < -0.4 is 0 Å². The van der Waals surface area contributed by atoms with E-state index in [1.165, 1.54) is 32.1 Å². The molecule has 0 aliphatic carbocycles. The lowest BCUT2D eigenvalue weighted by atomic mass is 10.1. The molecule has 132 valence electrons. The van der Waals surface area contributed by atoms with E-state index in [4.69, 9.17) is 14.2 Å². The van der Waals surface area contributed by atoms with Crippen molar-refractivity contribution in [3.05, 3.63) is 0 Å². The molecule has 0 rings (SSSR count). The first kappa shape index (κ1) is 21.4. The van der Waals surface area contributed by atoms with Crippen molar-refractivity contribution in [2.24, 2.45) is 0 Å². The zero-order chi connectivity index (χ0) is 16.3. The van der Waals surface area contributed by atoms with Crippen molar-refractivity contribution in [3.8, 4) is 0 Å². The Bertz CT molecular complexity index is 231. The maximum absolute atomic E-state index is 11.3. The Morgan fingerprint density at radius 1 is 0.636 bits per heavy atom. The average Bonchev–Trinajstić information content (AvgIpc) is 2.52. The lowest BCUT2D eigenvalue weighted by molar-refractivity contribution is -0.144. The van der Waals surface area contributed by atoms with Gasteiger partial charge in [-0.2, -0.15) is 0 Å². The number of hydrogen-bond donors (Lipinski definition) is 0.